The fourth-order valence-electron chi connectivity index (χ4n) is 0.723. The summed E-state index contributed by atoms with van der Waals surface area (Å²) >= 11 is 0. The van der Waals surface area contributed by atoms with Crippen LogP contribution in [-0.2, 0) is 4.79 Å². The summed E-state index contributed by atoms with van der Waals surface area (Å²) in [4.78, 5) is 14.4. The molecule has 1 atom stereocenters. The first-order valence-corrected chi connectivity index (χ1v) is 3.85. The third-order valence-electron chi connectivity index (χ3n) is 1.49. The summed E-state index contributed by atoms with van der Waals surface area (Å²) in [5, 5.41) is 0. The molecule has 78 valence electrons. The average Bonchev–Trinajstić information content (AvgIpc) is 1.97. The molecule has 0 radical (unpaired) electrons. The number of carbonyl (C=O) groups excluding carboxylic acids is 1. The molecule has 0 aromatic rings. The zero-order valence-corrected chi connectivity index (χ0v) is 8.79. The van der Waals surface area contributed by atoms with Crippen molar-refractivity contribution in [1.29, 1.82) is 0 Å². The van der Waals surface area contributed by atoms with Gasteiger partial charge in [0.15, 0.2) is 5.96 Å². The second-order valence-electron chi connectivity index (χ2n) is 2.67. The molecule has 13 heavy (non-hydrogen) atoms. The molecule has 0 aliphatic heterocycles. The Kier molecular flexibility index (Phi) is 8.94. The van der Waals surface area contributed by atoms with Crippen molar-refractivity contribution >= 4 is 25.2 Å². The Morgan fingerprint density at radius 2 is 2.00 bits per heavy atom. The van der Waals surface area contributed by atoms with Gasteiger partial charge in [0.25, 0.3) is 0 Å². The van der Waals surface area contributed by atoms with Crippen molar-refractivity contribution in [3.05, 3.63) is 0 Å². The van der Waals surface area contributed by atoms with E-state index in [0.717, 1.165) is 6.42 Å². The van der Waals surface area contributed by atoms with E-state index in [1.54, 1.807) is 0 Å². The maximum atomic E-state index is 10.7. The Labute approximate surface area is 85.2 Å². The van der Waals surface area contributed by atoms with Crippen molar-refractivity contribution in [2.75, 3.05) is 6.54 Å². The van der Waals surface area contributed by atoms with Crippen LogP contribution in [0.1, 0.15) is 19.8 Å². The van der Waals surface area contributed by atoms with Gasteiger partial charge in [0, 0.05) is 6.54 Å². The highest BCUT2D eigenvalue weighted by Crippen LogP contribution is 1.95. The number of hydrogen-bond acceptors (Lipinski definition) is 3. The van der Waals surface area contributed by atoms with Crippen LogP contribution in [0, 0.1) is 0 Å². The zero-order valence-electron chi connectivity index (χ0n) is 7.79. The van der Waals surface area contributed by atoms with E-state index in [1.807, 2.05) is 0 Å². The number of rotatable bonds is 5. The van der Waals surface area contributed by atoms with Crippen LogP contribution in [0.4, 0.5) is 0 Å². The number of ketones is 1. The summed E-state index contributed by atoms with van der Waals surface area (Å²) in [5.74, 6) is 0.0751. The summed E-state index contributed by atoms with van der Waals surface area (Å²) in [7, 11) is 0. The van der Waals surface area contributed by atoms with Crippen LogP contribution in [0.2, 0.25) is 0 Å². The first-order valence-electron chi connectivity index (χ1n) is 3.85. The lowest BCUT2D eigenvalue weighted by Gasteiger charge is -2.04. The van der Waals surface area contributed by atoms with E-state index in [0.29, 0.717) is 13.0 Å². The van der Waals surface area contributed by atoms with Crippen LogP contribution in [0.5, 0.6) is 0 Å². The molecule has 1 unspecified atom stereocenters. The van der Waals surface area contributed by atoms with Gasteiger partial charge < -0.3 is 17.2 Å². The summed E-state index contributed by atoms with van der Waals surface area (Å²) in [6, 6.07) is -0.376. The van der Waals surface area contributed by atoms with Crippen molar-refractivity contribution in [3.63, 3.8) is 0 Å². The Hall–Kier alpha value is -0.750. The third-order valence-corrected chi connectivity index (χ3v) is 1.49. The zero-order chi connectivity index (χ0) is 9.56. The first-order chi connectivity index (χ1) is 5.54. The molecule has 0 rings (SSSR count). The second-order valence-corrected chi connectivity index (χ2v) is 2.67. The molecule has 0 aliphatic rings. The molecule has 0 spiro atoms. The van der Waals surface area contributed by atoms with E-state index in [1.165, 1.54) is 6.92 Å². The lowest BCUT2D eigenvalue weighted by molar-refractivity contribution is -0.118. The fraction of sp³-hybridized carbons (Fsp3) is 0.714. The van der Waals surface area contributed by atoms with Gasteiger partial charge in [-0.3, -0.25) is 9.79 Å². The molecule has 6 N–H and O–H groups in total. The summed E-state index contributed by atoms with van der Waals surface area (Å²) in [6.07, 6.45) is 1.37. The maximum absolute atomic E-state index is 10.7. The van der Waals surface area contributed by atoms with Gasteiger partial charge in [-0.25, -0.2) is 0 Å². The Bertz CT molecular complexity index is 179. The van der Waals surface area contributed by atoms with Crippen LogP contribution in [0.15, 0.2) is 4.99 Å². The third kappa shape index (κ3) is 9.16. The van der Waals surface area contributed by atoms with Gasteiger partial charge in [0.05, 0.1) is 6.04 Å². The molecule has 0 fully saturated rings. The molecular formula is C7H18N4OS. The smallest absolute Gasteiger partial charge is 0.185 e. The molecule has 0 bridgehead atoms. The van der Waals surface area contributed by atoms with E-state index in [2.05, 4.69) is 4.99 Å². The van der Waals surface area contributed by atoms with Gasteiger partial charge in [0.1, 0.15) is 5.78 Å². The van der Waals surface area contributed by atoms with Crippen LogP contribution in [0.3, 0.4) is 0 Å². The minimum Gasteiger partial charge on any atom is -0.370 e. The lowest BCUT2D eigenvalue weighted by atomic mass is 10.1. The molecule has 6 heteroatoms. The quantitative estimate of drug-likeness (QED) is 0.307. The molecule has 0 saturated heterocycles. The van der Waals surface area contributed by atoms with E-state index >= 15 is 0 Å². The number of hydrogen-bond donors (Lipinski definition) is 3. The van der Waals surface area contributed by atoms with Gasteiger partial charge in [-0.15, -0.1) is 0 Å². The number of guanidine groups is 1. The minimum absolute atomic E-state index is 0. The van der Waals surface area contributed by atoms with E-state index in [4.69, 9.17) is 17.2 Å². The minimum atomic E-state index is -0.376. The first kappa shape index (κ1) is 14.8. The van der Waals surface area contributed by atoms with Gasteiger partial charge in [-0.2, -0.15) is 13.5 Å². The monoisotopic (exact) mass is 206 g/mol. The summed E-state index contributed by atoms with van der Waals surface area (Å²) in [5.41, 5.74) is 15.7. The van der Waals surface area contributed by atoms with Crippen molar-refractivity contribution in [1.82, 2.24) is 0 Å². The van der Waals surface area contributed by atoms with Crippen molar-refractivity contribution in [2.24, 2.45) is 22.2 Å². The fourth-order valence-corrected chi connectivity index (χ4v) is 0.723. The molecular weight excluding hydrogens is 188 g/mol. The van der Waals surface area contributed by atoms with Gasteiger partial charge in [-0.1, -0.05) is 0 Å². The second kappa shape index (κ2) is 7.88. The van der Waals surface area contributed by atoms with E-state index in [-0.39, 0.29) is 31.3 Å². The van der Waals surface area contributed by atoms with Gasteiger partial charge >= 0.3 is 0 Å². The standard InChI is InChI=1S/C7H16N4O.H2S/c1-5(12)6(8)3-2-4-11-7(9)10;/h6H,2-4,8H2,1H3,(H4,9,10,11);1H2. The van der Waals surface area contributed by atoms with Crippen LogP contribution < -0.4 is 17.2 Å². The SMILES string of the molecule is CC(=O)C(N)CCCN=C(N)N.S. The Balaban J connectivity index is 0. The normalized spacial score (nSPS) is 11.2. The predicted octanol–water partition coefficient (Wildman–Crippen LogP) is -0.931. The molecule has 0 heterocycles. The number of nitrogens with zero attached hydrogens (tertiary/aromatic N) is 1. The van der Waals surface area contributed by atoms with Crippen LogP contribution in [-0.4, -0.2) is 24.3 Å². The molecule has 0 aliphatic carbocycles. The van der Waals surface area contributed by atoms with Gasteiger partial charge in [-0.05, 0) is 19.8 Å². The largest absolute Gasteiger partial charge is 0.370 e. The van der Waals surface area contributed by atoms with Gasteiger partial charge in [0.2, 0.25) is 0 Å². The highest BCUT2D eigenvalue weighted by Gasteiger charge is 2.05. The summed E-state index contributed by atoms with van der Waals surface area (Å²) in [6.45, 7) is 2.01. The average molecular weight is 206 g/mol. The Morgan fingerprint density at radius 3 is 2.38 bits per heavy atom. The topological polar surface area (TPSA) is 107 Å². The molecule has 0 aromatic heterocycles. The number of carbonyl (C=O) groups is 1. The highest BCUT2D eigenvalue weighted by atomic mass is 32.1. The molecule has 5 nitrogen and oxygen atoms in total. The molecule has 0 amide bonds. The Morgan fingerprint density at radius 1 is 1.46 bits per heavy atom. The lowest BCUT2D eigenvalue weighted by Crippen LogP contribution is -2.28. The molecule has 0 saturated carbocycles. The number of Topliss-reactive ketones (excluding diaryl/α,β-unsaturated/α-hetero) is 1. The summed E-state index contributed by atoms with van der Waals surface area (Å²) < 4.78 is 0. The number of nitrogens with two attached hydrogens (primary N) is 3. The highest BCUT2D eigenvalue weighted by molar-refractivity contribution is 7.59. The van der Waals surface area contributed by atoms with Crippen LogP contribution in [0.25, 0.3) is 0 Å². The van der Waals surface area contributed by atoms with E-state index < -0.39 is 0 Å². The van der Waals surface area contributed by atoms with Crippen molar-refractivity contribution in [3.8, 4) is 0 Å². The maximum Gasteiger partial charge on any atom is 0.185 e. The number of aliphatic imine (C=N–C) groups is 1. The van der Waals surface area contributed by atoms with Crippen molar-refractivity contribution in [2.45, 2.75) is 25.8 Å². The molecule has 0 aromatic carbocycles. The predicted molar refractivity (Wildman–Crippen MR) is 58.9 cm³/mol. The van der Waals surface area contributed by atoms with Crippen molar-refractivity contribution < 1.29 is 4.79 Å². The van der Waals surface area contributed by atoms with Crippen LogP contribution >= 0.6 is 13.5 Å². The van der Waals surface area contributed by atoms with E-state index in [9.17, 15) is 4.79 Å².